The van der Waals surface area contributed by atoms with Gasteiger partial charge in [0.15, 0.2) is 0 Å². The van der Waals surface area contributed by atoms with Gasteiger partial charge < -0.3 is 5.32 Å². The second-order valence-electron chi connectivity index (χ2n) is 4.14. The molecule has 1 aromatic carbocycles. The van der Waals surface area contributed by atoms with Crippen LogP contribution in [0.3, 0.4) is 0 Å². The molecule has 0 fully saturated rings. The summed E-state index contributed by atoms with van der Waals surface area (Å²) >= 11 is 0. The Morgan fingerprint density at radius 2 is 2.06 bits per heavy atom. The van der Waals surface area contributed by atoms with E-state index in [1.807, 2.05) is 31.2 Å². The van der Waals surface area contributed by atoms with E-state index in [1.165, 1.54) is 5.56 Å². The average Bonchev–Trinajstić information content (AvgIpc) is 2.85. The van der Waals surface area contributed by atoms with Gasteiger partial charge in [-0.25, -0.2) is 0 Å². The minimum Gasteiger partial charge on any atom is -0.378 e. The first-order valence-electron chi connectivity index (χ1n) is 5.78. The topological polar surface area (TPSA) is 55.1 Å². The lowest BCUT2D eigenvalue weighted by atomic mass is 10.2. The van der Waals surface area contributed by atoms with Crippen LogP contribution < -0.4 is 5.32 Å². The molecule has 3 aromatic rings. The average molecular weight is 239 g/mol. The molecule has 2 aromatic heterocycles. The third kappa shape index (κ3) is 2.02. The Morgan fingerprint density at radius 1 is 1.22 bits per heavy atom. The van der Waals surface area contributed by atoms with Crippen molar-refractivity contribution >= 4 is 11.3 Å². The van der Waals surface area contributed by atoms with Crippen molar-refractivity contribution < 1.29 is 0 Å². The Labute approximate surface area is 104 Å². The SMILES string of the molecule is Cc1cc(NCc2ccccc2)c2nncn2n1. The molecule has 0 aliphatic rings. The van der Waals surface area contributed by atoms with Crippen molar-refractivity contribution in [3.05, 3.63) is 54.0 Å². The van der Waals surface area contributed by atoms with E-state index >= 15 is 0 Å². The first-order valence-corrected chi connectivity index (χ1v) is 5.78. The van der Waals surface area contributed by atoms with Gasteiger partial charge in [0.2, 0.25) is 5.65 Å². The van der Waals surface area contributed by atoms with Crippen LogP contribution in [0.4, 0.5) is 5.69 Å². The zero-order valence-electron chi connectivity index (χ0n) is 10.0. The van der Waals surface area contributed by atoms with Gasteiger partial charge in [0.25, 0.3) is 0 Å². The zero-order valence-corrected chi connectivity index (χ0v) is 10.0. The van der Waals surface area contributed by atoms with Crippen LogP contribution in [0.1, 0.15) is 11.3 Å². The molecular weight excluding hydrogens is 226 g/mol. The third-order valence-electron chi connectivity index (χ3n) is 2.72. The molecule has 0 radical (unpaired) electrons. The molecule has 5 nitrogen and oxygen atoms in total. The maximum atomic E-state index is 4.30. The number of aryl methyl sites for hydroxylation is 1. The quantitative estimate of drug-likeness (QED) is 0.760. The summed E-state index contributed by atoms with van der Waals surface area (Å²) in [6.07, 6.45) is 1.61. The van der Waals surface area contributed by atoms with E-state index in [0.717, 1.165) is 23.6 Å². The molecule has 0 bridgehead atoms. The summed E-state index contributed by atoms with van der Waals surface area (Å²) in [4.78, 5) is 0. The normalized spacial score (nSPS) is 10.7. The minimum absolute atomic E-state index is 0.747. The summed E-state index contributed by atoms with van der Waals surface area (Å²) in [5.41, 5.74) is 3.85. The van der Waals surface area contributed by atoms with Gasteiger partial charge in [0, 0.05) is 6.54 Å². The molecule has 0 unspecified atom stereocenters. The van der Waals surface area contributed by atoms with Crippen molar-refractivity contribution in [1.29, 1.82) is 0 Å². The predicted molar refractivity (Wildman–Crippen MR) is 69.3 cm³/mol. The molecule has 0 aliphatic heterocycles. The van der Waals surface area contributed by atoms with Gasteiger partial charge in [0.05, 0.1) is 11.4 Å². The van der Waals surface area contributed by atoms with E-state index in [2.05, 4.69) is 32.7 Å². The molecule has 5 heteroatoms. The molecule has 0 atom stereocenters. The lowest BCUT2D eigenvalue weighted by Crippen LogP contribution is -2.04. The first-order chi connectivity index (χ1) is 8.83. The number of nitrogens with zero attached hydrogens (tertiary/aromatic N) is 4. The number of anilines is 1. The number of aromatic nitrogens is 4. The maximum Gasteiger partial charge on any atom is 0.200 e. The molecule has 0 aliphatic carbocycles. The van der Waals surface area contributed by atoms with E-state index in [9.17, 15) is 0 Å². The second kappa shape index (κ2) is 4.44. The smallest absolute Gasteiger partial charge is 0.200 e. The van der Waals surface area contributed by atoms with Crippen LogP contribution in [0.5, 0.6) is 0 Å². The molecule has 1 N–H and O–H groups in total. The van der Waals surface area contributed by atoms with Crippen molar-refractivity contribution in [2.45, 2.75) is 13.5 Å². The van der Waals surface area contributed by atoms with Crippen LogP contribution in [-0.4, -0.2) is 19.8 Å². The van der Waals surface area contributed by atoms with E-state index in [-0.39, 0.29) is 0 Å². The van der Waals surface area contributed by atoms with Crippen molar-refractivity contribution in [2.75, 3.05) is 5.32 Å². The fourth-order valence-corrected chi connectivity index (χ4v) is 1.88. The lowest BCUT2D eigenvalue weighted by Gasteiger charge is -2.07. The largest absolute Gasteiger partial charge is 0.378 e. The number of fused-ring (bicyclic) bond motifs is 1. The number of nitrogens with one attached hydrogen (secondary N) is 1. The fraction of sp³-hybridized carbons (Fsp3) is 0.154. The number of benzene rings is 1. The Hall–Kier alpha value is -2.43. The molecular formula is C13H13N5. The summed E-state index contributed by atoms with van der Waals surface area (Å²) in [5.74, 6) is 0. The Bertz CT molecular complexity index is 659. The van der Waals surface area contributed by atoms with Crippen molar-refractivity contribution in [3.8, 4) is 0 Å². The Balaban J connectivity index is 1.88. The maximum absolute atomic E-state index is 4.30. The highest BCUT2D eigenvalue weighted by Gasteiger charge is 2.05. The third-order valence-corrected chi connectivity index (χ3v) is 2.72. The highest BCUT2D eigenvalue weighted by molar-refractivity contribution is 5.66. The lowest BCUT2D eigenvalue weighted by molar-refractivity contribution is 0.892. The van der Waals surface area contributed by atoms with Gasteiger partial charge in [-0.15, -0.1) is 10.2 Å². The van der Waals surface area contributed by atoms with Gasteiger partial charge in [-0.2, -0.15) is 9.61 Å². The predicted octanol–water partition coefficient (Wildman–Crippen LogP) is 2.04. The second-order valence-corrected chi connectivity index (χ2v) is 4.14. The number of hydrogen-bond acceptors (Lipinski definition) is 4. The van der Waals surface area contributed by atoms with Crippen LogP contribution in [-0.2, 0) is 6.54 Å². The summed E-state index contributed by atoms with van der Waals surface area (Å²) in [5, 5.41) is 15.6. The standard InChI is InChI=1S/C13H13N5/c1-10-7-12(13-16-15-9-18(13)17-10)14-8-11-5-3-2-4-6-11/h2-7,9,14H,8H2,1H3. The van der Waals surface area contributed by atoms with E-state index in [0.29, 0.717) is 0 Å². The molecule has 0 spiro atoms. The van der Waals surface area contributed by atoms with Crippen molar-refractivity contribution in [3.63, 3.8) is 0 Å². The fourth-order valence-electron chi connectivity index (χ4n) is 1.88. The number of rotatable bonds is 3. The van der Waals surface area contributed by atoms with Crippen LogP contribution >= 0.6 is 0 Å². The van der Waals surface area contributed by atoms with Crippen LogP contribution in [0.2, 0.25) is 0 Å². The minimum atomic E-state index is 0.747. The van der Waals surface area contributed by atoms with Gasteiger partial charge >= 0.3 is 0 Å². The summed E-state index contributed by atoms with van der Waals surface area (Å²) in [6, 6.07) is 12.2. The molecule has 3 rings (SSSR count). The summed E-state index contributed by atoms with van der Waals surface area (Å²) < 4.78 is 1.68. The molecule has 0 saturated heterocycles. The molecule has 0 amide bonds. The van der Waals surface area contributed by atoms with Crippen molar-refractivity contribution in [1.82, 2.24) is 19.8 Å². The van der Waals surface area contributed by atoms with Gasteiger partial charge in [-0.1, -0.05) is 30.3 Å². The first kappa shape index (κ1) is 10.7. The molecule has 0 saturated carbocycles. The number of hydrogen-bond donors (Lipinski definition) is 1. The van der Waals surface area contributed by atoms with Crippen LogP contribution in [0.15, 0.2) is 42.7 Å². The van der Waals surface area contributed by atoms with E-state index < -0.39 is 0 Å². The Kier molecular flexibility index (Phi) is 2.64. The molecule has 2 heterocycles. The van der Waals surface area contributed by atoms with Gasteiger partial charge in [-0.05, 0) is 18.6 Å². The van der Waals surface area contributed by atoms with E-state index in [1.54, 1.807) is 10.8 Å². The van der Waals surface area contributed by atoms with Gasteiger partial charge in [0.1, 0.15) is 6.33 Å². The summed E-state index contributed by atoms with van der Waals surface area (Å²) in [7, 11) is 0. The van der Waals surface area contributed by atoms with Gasteiger partial charge in [-0.3, -0.25) is 0 Å². The highest BCUT2D eigenvalue weighted by atomic mass is 15.3. The van der Waals surface area contributed by atoms with Crippen LogP contribution in [0, 0.1) is 6.92 Å². The monoisotopic (exact) mass is 239 g/mol. The molecule has 18 heavy (non-hydrogen) atoms. The Morgan fingerprint density at radius 3 is 2.89 bits per heavy atom. The van der Waals surface area contributed by atoms with Crippen molar-refractivity contribution in [2.24, 2.45) is 0 Å². The van der Waals surface area contributed by atoms with Crippen LogP contribution in [0.25, 0.3) is 5.65 Å². The van der Waals surface area contributed by atoms with E-state index in [4.69, 9.17) is 0 Å². The zero-order chi connectivity index (χ0) is 12.4. The molecule has 90 valence electrons. The highest BCUT2D eigenvalue weighted by Crippen LogP contribution is 2.15. The summed E-state index contributed by atoms with van der Waals surface area (Å²) in [6.45, 7) is 2.71.